The van der Waals surface area contributed by atoms with Gasteiger partial charge in [-0.2, -0.15) is 5.10 Å². The molecule has 4 rings (SSSR count). The van der Waals surface area contributed by atoms with Gasteiger partial charge in [-0.05, 0) is 68.6 Å². The molecule has 0 aliphatic rings. The number of sulfonamides is 1. The van der Waals surface area contributed by atoms with Crippen molar-refractivity contribution in [2.45, 2.75) is 11.8 Å². The molecule has 31 heavy (non-hydrogen) atoms. The standard InChI is InChI=1S/C21H20FN5O2S.ClH/c1-13-20-19(27(3)26-13)12-18(14-4-6-15(22)7-5-14)25-21(20)24-16-8-10-17(11-9-16)30(28,29)23-2;/h4-12,23H,1-3H3,(H,24,25);1H. The number of hydrogen-bond donors (Lipinski definition) is 2. The van der Waals surface area contributed by atoms with Crippen LogP contribution in [0, 0.1) is 12.7 Å². The van der Waals surface area contributed by atoms with Gasteiger partial charge in [-0.15, -0.1) is 12.4 Å². The average molecular weight is 462 g/mol. The maximum atomic E-state index is 13.3. The van der Waals surface area contributed by atoms with Gasteiger partial charge in [-0.25, -0.2) is 22.5 Å². The number of aromatic nitrogens is 3. The molecule has 162 valence electrons. The fourth-order valence-electron chi connectivity index (χ4n) is 3.30. The van der Waals surface area contributed by atoms with Gasteiger partial charge in [0.15, 0.2) is 0 Å². The van der Waals surface area contributed by atoms with E-state index < -0.39 is 10.0 Å². The highest BCUT2D eigenvalue weighted by Crippen LogP contribution is 2.32. The Morgan fingerprint density at radius 3 is 2.29 bits per heavy atom. The summed E-state index contributed by atoms with van der Waals surface area (Å²) in [6.07, 6.45) is 0. The molecule has 0 bridgehead atoms. The smallest absolute Gasteiger partial charge is 0.240 e. The molecule has 0 atom stereocenters. The third kappa shape index (κ3) is 4.39. The second-order valence-electron chi connectivity index (χ2n) is 6.82. The number of rotatable bonds is 5. The Labute approximate surface area is 185 Å². The number of hydrogen-bond acceptors (Lipinski definition) is 5. The second kappa shape index (κ2) is 8.62. The minimum absolute atomic E-state index is 0. The molecule has 0 saturated carbocycles. The monoisotopic (exact) mass is 461 g/mol. The van der Waals surface area contributed by atoms with Crippen LogP contribution in [0.2, 0.25) is 0 Å². The highest BCUT2D eigenvalue weighted by molar-refractivity contribution is 7.89. The van der Waals surface area contributed by atoms with E-state index in [1.165, 1.54) is 31.3 Å². The van der Waals surface area contributed by atoms with Gasteiger partial charge in [0.25, 0.3) is 0 Å². The average Bonchev–Trinajstić information content (AvgIpc) is 3.03. The highest BCUT2D eigenvalue weighted by atomic mass is 35.5. The van der Waals surface area contributed by atoms with Crippen molar-refractivity contribution in [2.75, 3.05) is 12.4 Å². The van der Waals surface area contributed by atoms with Crippen molar-refractivity contribution >= 4 is 44.8 Å². The molecule has 2 aromatic carbocycles. The Morgan fingerprint density at radius 2 is 1.68 bits per heavy atom. The number of anilines is 2. The van der Waals surface area contributed by atoms with Crippen LogP contribution in [-0.2, 0) is 17.1 Å². The normalized spacial score (nSPS) is 11.4. The molecule has 0 aliphatic carbocycles. The predicted molar refractivity (Wildman–Crippen MR) is 122 cm³/mol. The summed E-state index contributed by atoms with van der Waals surface area (Å²) in [6, 6.07) is 14.4. The number of benzene rings is 2. The molecule has 0 amide bonds. The van der Waals surface area contributed by atoms with Crippen LogP contribution < -0.4 is 10.0 Å². The van der Waals surface area contributed by atoms with Gasteiger partial charge in [0.1, 0.15) is 11.6 Å². The van der Waals surface area contributed by atoms with E-state index in [0.717, 1.165) is 22.2 Å². The Hall–Kier alpha value is -3.01. The van der Waals surface area contributed by atoms with Crippen LogP contribution in [0.25, 0.3) is 22.2 Å². The van der Waals surface area contributed by atoms with Gasteiger partial charge in [0, 0.05) is 18.3 Å². The quantitative estimate of drug-likeness (QED) is 0.466. The molecule has 2 N–H and O–H groups in total. The fourth-order valence-corrected chi connectivity index (χ4v) is 4.03. The minimum Gasteiger partial charge on any atom is -0.340 e. The van der Waals surface area contributed by atoms with E-state index in [2.05, 4.69) is 15.1 Å². The van der Waals surface area contributed by atoms with E-state index in [-0.39, 0.29) is 23.1 Å². The Bertz CT molecular complexity index is 1340. The molecular weight excluding hydrogens is 441 g/mol. The number of nitrogens with one attached hydrogen (secondary N) is 2. The van der Waals surface area contributed by atoms with Crippen molar-refractivity contribution in [1.82, 2.24) is 19.5 Å². The van der Waals surface area contributed by atoms with Crippen molar-refractivity contribution in [2.24, 2.45) is 7.05 Å². The lowest BCUT2D eigenvalue weighted by Crippen LogP contribution is -2.18. The van der Waals surface area contributed by atoms with Crippen molar-refractivity contribution in [3.8, 4) is 11.3 Å². The van der Waals surface area contributed by atoms with E-state index >= 15 is 0 Å². The number of halogens is 2. The maximum absolute atomic E-state index is 13.3. The zero-order chi connectivity index (χ0) is 21.5. The van der Waals surface area contributed by atoms with Gasteiger partial charge in [-0.3, -0.25) is 4.68 Å². The second-order valence-corrected chi connectivity index (χ2v) is 8.71. The van der Waals surface area contributed by atoms with Gasteiger partial charge < -0.3 is 5.32 Å². The third-order valence-corrected chi connectivity index (χ3v) is 6.28. The molecule has 0 spiro atoms. The van der Waals surface area contributed by atoms with Crippen molar-refractivity contribution in [3.63, 3.8) is 0 Å². The summed E-state index contributed by atoms with van der Waals surface area (Å²) in [5.74, 6) is 0.271. The number of pyridine rings is 1. The van der Waals surface area contributed by atoms with Gasteiger partial charge in [0.05, 0.1) is 27.2 Å². The highest BCUT2D eigenvalue weighted by Gasteiger charge is 2.16. The maximum Gasteiger partial charge on any atom is 0.240 e. The van der Waals surface area contributed by atoms with Crippen LogP contribution in [0.3, 0.4) is 0 Å². The Kier molecular flexibility index (Phi) is 6.30. The number of fused-ring (bicyclic) bond motifs is 1. The lowest BCUT2D eigenvalue weighted by atomic mass is 10.1. The Morgan fingerprint density at radius 1 is 1.03 bits per heavy atom. The van der Waals surface area contributed by atoms with Crippen molar-refractivity contribution in [1.29, 1.82) is 0 Å². The molecule has 0 saturated heterocycles. The molecule has 2 heterocycles. The summed E-state index contributed by atoms with van der Waals surface area (Å²) >= 11 is 0. The van der Waals surface area contributed by atoms with Crippen LogP contribution >= 0.6 is 12.4 Å². The van der Waals surface area contributed by atoms with Crippen LogP contribution in [-0.4, -0.2) is 30.2 Å². The van der Waals surface area contributed by atoms with Gasteiger partial charge >= 0.3 is 0 Å². The first-order valence-corrected chi connectivity index (χ1v) is 10.7. The molecular formula is C21H21ClFN5O2S. The van der Waals surface area contributed by atoms with E-state index in [1.807, 2.05) is 20.0 Å². The molecule has 0 radical (unpaired) electrons. The van der Waals surface area contributed by atoms with E-state index in [0.29, 0.717) is 17.2 Å². The van der Waals surface area contributed by atoms with Crippen molar-refractivity contribution < 1.29 is 12.8 Å². The summed E-state index contributed by atoms with van der Waals surface area (Å²) in [5, 5.41) is 8.61. The first kappa shape index (κ1) is 22.7. The minimum atomic E-state index is -3.51. The first-order chi connectivity index (χ1) is 14.3. The lowest BCUT2D eigenvalue weighted by Gasteiger charge is -2.11. The van der Waals surface area contributed by atoms with Gasteiger partial charge in [-0.1, -0.05) is 0 Å². The lowest BCUT2D eigenvalue weighted by molar-refractivity contribution is 0.588. The van der Waals surface area contributed by atoms with Crippen LogP contribution in [0.1, 0.15) is 5.69 Å². The first-order valence-electron chi connectivity index (χ1n) is 9.19. The zero-order valence-electron chi connectivity index (χ0n) is 17.0. The van der Waals surface area contributed by atoms with E-state index in [9.17, 15) is 12.8 Å². The number of nitrogens with zero attached hydrogens (tertiary/aromatic N) is 3. The van der Waals surface area contributed by atoms with E-state index in [1.54, 1.807) is 28.9 Å². The predicted octanol–water partition coefficient (Wildman–Crippen LogP) is 4.16. The third-order valence-electron chi connectivity index (χ3n) is 4.85. The summed E-state index contributed by atoms with van der Waals surface area (Å²) in [7, 11) is -0.288. The topological polar surface area (TPSA) is 88.9 Å². The summed E-state index contributed by atoms with van der Waals surface area (Å²) in [6.45, 7) is 1.90. The summed E-state index contributed by atoms with van der Waals surface area (Å²) in [5.41, 5.74) is 3.80. The zero-order valence-corrected chi connectivity index (χ0v) is 18.7. The largest absolute Gasteiger partial charge is 0.340 e. The van der Waals surface area contributed by atoms with Crippen LogP contribution in [0.4, 0.5) is 15.9 Å². The van der Waals surface area contributed by atoms with Crippen LogP contribution in [0.5, 0.6) is 0 Å². The van der Waals surface area contributed by atoms with Crippen molar-refractivity contribution in [3.05, 3.63) is 66.1 Å². The molecule has 4 aromatic rings. The number of aryl methyl sites for hydroxylation is 2. The molecule has 2 aromatic heterocycles. The van der Waals surface area contributed by atoms with Crippen LogP contribution in [0.15, 0.2) is 59.5 Å². The molecule has 0 unspecified atom stereocenters. The van der Waals surface area contributed by atoms with E-state index in [4.69, 9.17) is 4.98 Å². The molecule has 10 heteroatoms. The Balaban J connectivity index is 0.00000272. The molecule has 7 nitrogen and oxygen atoms in total. The SMILES string of the molecule is CNS(=O)(=O)c1ccc(Nc2nc(-c3ccc(F)cc3)cc3c2c(C)nn3C)cc1.Cl. The summed E-state index contributed by atoms with van der Waals surface area (Å²) in [4.78, 5) is 4.91. The molecule has 0 aliphatic heterocycles. The van der Waals surface area contributed by atoms with Gasteiger partial charge in [0.2, 0.25) is 10.0 Å². The summed E-state index contributed by atoms with van der Waals surface area (Å²) < 4.78 is 41.3. The fraction of sp³-hybridized carbons (Fsp3) is 0.143. The molecule has 0 fully saturated rings.